The molecule has 0 unspecified atom stereocenters. The molecule has 1 aliphatic rings. The van der Waals surface area contributed by atoms with Crippen molar-refractivity contribution in [2.24, 2.45) is 5.41 Å². The first kappa shape index (κ1) is 6.74. The summed E-state index contributed by atoms with van der Waals surface area (Å²) in [5, 5.41) is 8.36. The van der Waals surface area contributed by atoms with Crippen LogP contribution in [0.1, 0.15) is 28.4 Å². The molecule has 1 aliphatic carbocycles. The largest absolute Gasteiger partial charge is 0.481 e. The van der Waals surface area contributed by atoms with E-state index in [-0.39, 0.29) is 12.8 Å². The molecule has 0 aromatic rings. The first-order valence-corrected chi connectivity index (χ1v) is 3.41. The Balaban J connectivity index is 2.75. The summed E-state index contributed by atoms with van der Waals surface area (Å²) < 4.78 is 50.8. The molecule has 1 fully saturated rings. The highest BCUT2D eigenvalue weighted by atomic mass is 19.4. The van der Waals surface area contributed by atoms with Crippen molar-refractivity contribution in [1.82, 2.24) is 0 Å². The number of rotatable bonds is 3. The molecule has 1 rings (SSSR count). The Morgan fingerprint density at radius 1 is 1.58 bits per heavy atom. The molecule has 0 amide bonds. The van der Waals surface area contributed by atoms with Crippen LogP contribution in [0.5, 0.6) is 0 Å². The van der Waals surface area contributed by atoms with Gasteiger partial charge in [0, 0.05) is 9.11 Å². The topological polar surface area (TPSA) is 37.3 Å². The van der Waals surface area contributed by atoms with E-state index in [1.54, 1.807) is 0 Å². The third-order valence-corrected chi connectivity index (χ3v) is 2.03. The third kappa shape index (κ3) is 1.70. The van der Waals surface area contributed by atoms with E-state index in [4.69, 9.17) is 7.85 Å². The fourth-order valence-corrected chi connectivity index (χ4v) is 0.956. The molecule has 12 heavy (non-hydrogen) atoms. The fourth-order valence-electron chi connectivity index (χ4n) is 0.956. The summed E-state index contributed by atoms with van der Waals surface area (Å²) in [7, 11) is 0. The lowest BCUT2D eigenvalue weighted by Crippen LogP contribution is -2.25. The highest BCUT2D eigenvalue weighted by molar-refractivity contribution is 5.66. The second-order valence-corrected chi connectivity index (χ2v) is 2.94. The maximum atomic E-state index is 12.3. The van der Waals surface area contributed by atoms with Gasteiger partial charge in [-0.15, -0.1) is 0 Å². The van der Waals surface area contributed by atoms with Crippen molar-refractivity contribution in [3.63, 3.8) is 0 Å². The summed E-state index contributed by atoms with van der Waals surface area (Å²) in [5.41, 5.74) is -2.10. The van der Waals surface area contributed by atoms with Gasteiger partial charge in [0.2, 0.25) is 0 Å². The van der Waals surface area contributed by atoms with Crippen LogP contribution in [0.15, 0.2) is 0 Å². The van der Waals surface area contributed by atoms with Gasteiger partial charge in [0.05, 0.1) is 5.41 Å². The molecule has 0 aromatic heterocycles. The van der Waals surface area contributed by atoms with Crippen LogP contribution < -0.4 is 0 Å². The van der Waals surface area contributed by atoms with Gasteiger partial charge in [-0.2, -0.15) is 13.2 Å². The molecule has 2 nitrogen and oxygen atoms in total. The van der Waals surface area contributed by atoms with Gasteiger partial charge in [0.25, 0.3) is 0 Å². The predicted octanol–water partition coefficient (Wildman–Crippen LogP) is 2.19. The van der Waals surface area contributed by atoms with E-state index in [0.29, 0.717) is 0 Å². The molecule has 0 atom stereocenters. The maximum Gasteiger partial charge on any atom is 0.394 e. The van der Waals surface area contributed by atoms with Crippen LogP contribution in [0.4, 0.5) is 13.2 Å². The predicted molar refractivity (Wildman–Crippen MR) is 34.6 cm³/mol. The van der Waals surface area contributed by atoms with Gasteiger partial charge >= 0.3 is 12.1 Å². The monoisotopic (exact) mass is 184 g/mol. The fraction of sp³-hybridized carbons (Fsp3) is 0.857. The molecule has 1 saturated carbocycles. The van der Waals surface area contributed by atoms with E-state index in [0.717, 1.165) is 0 Å². The molecule has 0 saturated heterocycles. The summed E-state index contributed by atoms with van der Waals surface area (Å²) in [6.07, 6.45) is -8.65. The summed E-state index contributed by atoms with van der Waals surface area (Å²) in [6, 6.07) is 0. The Kier molecular flexibility index (Phi) is 1.48. The Morgan fingerprint density at radius 3 is 2.33 bits per heavy atom. The molecular formula is C7H9F3O2. The van der Waals surface area contributed by atoms with E-state index < -0.39 is 30.4 Å². The van der Waals surface area contributed by atoms with Gasteiger partial charge < -0.3 is 5.11 Å². The lowest BCUT2D eigenvalue weighted by atomic mass is 10.00. The van der Waals surface area contributed by atoms with Crippen LogP contribution in [0, 0.1) is 5.41 Å². The van der Waals surface area contributed by atoms with Gasteiger partial charge in [-0.25, -0.2) is 0 Å². The van der Waals surface area contributed by atoms with Gasteiger partial charge in [-0.3, -0.25) is 4.79 Å². The number of hydrogen-bond acceptors (Lipinski definition) is 1. The second-order valence-electron chi connectivity index (χ2n) is 2.94. The minimum absolute atomic E-state index is 0.177. The van der Waals surface area contributed by atoms with Crippen LogP contribution in [0.2, 0.25) is 0 Å². The molecule has 0 spiro atoms. The lowest BCUT2D eigenvalue weighted by molar-refractivity contribution is -0.189. The van der Waals surface area contributed by atoms with Gasteiger partial charge in [0.15, 0.2) is 0 Å². The molecule has 0 radical (unpaired) electrons. The van der Waals surface area contributed by atoms with Crippen LogP contribution in [-0.2, 0) is 4.79 Å². The van der Waals surface area contributed by atoms with Crippen LogP contribution in [0.25, 0.3) is 0 Å². The highest BCUT2D eigenvalue weighted by Crippen LogP contribution is 2.60. The lowest BCUT2D eigenvalue weighted by Gasteiger charge is -2.17. The average Bonchev–Trinajstić information content (AvgIpc) is 2.65. The van der Waals surface area contributed by atoms with Gasteiger partial charge in [-0.1, -0.05) is 0 Å². The molecule has 1 N–H and O–H groups in total. The van der Waals surface area contributed by atoms with E-state index >= 15 is 0 Å². The van der Waals surface area contributed by atoms with E-state index in [9.17, 15) is 18.0 Å². The smallest absolute Gasteiger partial charge is 0.394 e. The Bertz CT molecular complexity index is 258. The quantitative estimate of drug-likeness (QED) is 0.729. The summed E-state index contributed by atoms with van der Waals surface area (Å²) in [5.74, 6) is -1.84. The van der Waals surface area contributed by atoms with Crippen LogP contribution >= 0.6 is 0 Å². The number of halogens is 3. The average molecular weight is 184 g/mol. The Hall–Kier alpha value is -0.740. The zero-order chi connectivity index (χ0) is 11.2. The first-order chi connectivity index (χ1) is 6.11. The van der Waals surface area contributed by atoms with Crippen molar-refractivity contribution in [2.75, 3.05) is 0 Å². The van der Waals surface area contributed by atoms with Crippen LogP contribution in [-0.4, -0.2) is 17.3 Å². The number of aliphatic carboxylic acids is 1. The number of carboxylic acid groups (broad SMARTS) is 1. The molecule has 0 aliphatic heterocycles. The summed E-state index contributed by atoms with van der Waals surface area (Å²) in [4.78, 5) is 10.3. The number of carboxylic acids is 1. The van der Waals surface area contributed by atoms with Gasteiger partial charge in [0.1, 0.15) is 0 Å². The maximum absolute atomic E-state index is 12.3. The Morgan fingerprint density at radius 2 is 2.08 bits per heavy atom. The Labute approximate surface area is 70.2 Å². The number of alkyl halides is 3. The first-order valence-electron chi connectivity index (χ1n) is 4.41. The van der Waals surface area contributed by atoms with Crippen molar-refractivity contribution < 1.29 is 25.8 Å². The zero-order valence-corrected chi connectivity index (χ0v) is 6.11. The van der Waals surface area contributed by atoms with Crippen molar-refractivity contribution in [1.29, 1.82) is 0 Å². The summed E-state index contributed by atoms with van der Waals surface area (Å²) in [6.45, 7) is 0. The molecule has 0 heterocycles. The van der Waals surface area contributed by atoms with Crippen LogP contribution in [0.3, 0.4) is 0 Å². The van der Waals surface area contributed by atoms with E-state index in [1.807, 2.05) is 0 Å². The molecule has 70 valence electrons. The number of hydrogen-bond donors (Lipinski definition) is 1. The van der Waals surface area contributed by atoms with Crippen molar-refractivity contribution in [3.8, 4) is 0 Å². The normalized spacial score (nSPS) is 24.2. The highest BCUT2D eigenvalue weighted by Gasteiger charge is 2.62. The molecule has 0 bridgehead atoms. The molecule has 5 heteroatoms. The SMILES string of the molecule is [2H]C([2H])(CC1(C(F)(F)F)CC1)C(=O)O. The third-order valence-electron chi connectivity index (χ3n) is 2.03. The second kappa shape index (κ2) is 2.64. The van der Waals surface area contributed by atoms with E-state index in [2.05, 4.69) is 0 Å². The standard InChI is InChI=1S/C7H9F3O2/c8-7(9,10)6(3-4-6)2-1-5(11)12/h1-4H2,(H,11,12)/i1D2. The summed E-state index contributed by atoms with van der Waals surface area (Å²) >= 11 is 0. The van der Waals surface area contributed by atoms with Crippen molar-refractivity contribution in [3.05, 3.63) is 0 Å². The zero-order valence-electron chi connectivity index (χ0n) is 8.11. The van der Waals surface area contributed by atoms with Crippen molar-refractivity contribution >= 4 is 5.97 Å². The molecule has 0 aromatic carbocycles. The molecular weight excluding hydrogens is 173 g/mol. The minimum atomic E-state index is -4.50. The minimum Gasteiger partial charge on any atom is -0.481 e. The van der Waals surface area contributed by atoms with E-state index in [1.165, 1.54) is 0 Å². The van der Waals surface area contributed by atoms with Crippen molar-refractivity contribution in [2.45, 2.75) is 31.8 Å². The number of carbonyl (C=O) groups is 1. The van der Waals surface area contributed by atoms with Gasteiger partial charge in [-0.05, 0) is 19.3 Å².